The minimum Gasteiger partial charge on any atom is -0.381 e. The van der Waals surface area contributed by atoms with Crippen molar-refractivity contribution in [3.05, 3.63) is 41.7 Å². The van der Waals surface area contributed by atoms with Crippen molar-refractivity contribution in [1.82, 2.24) is 19.9 Å². The van der Waals surface area contributed by atoms with Gasteiger partial charge in [0.1, 0.15) is 0 Å². The number of aryl methyl sites for hydroxylation is 1. The summed E-state index contributed by atoms with van der Waals surface area (Å²) in [5.74, 6) is 0.447. The van der Waals surface area contributed by atoms with Crippen LogP contribution >= 0.6 is 0 Å². The fourth-order valence-corrected chi connectivity index (χ4v) is 3.18. The average molecular weight is 326 g/mol. The first kappa shape index (κ1) is 15.3. The lowest BCUT2D eigenvalue weighted by molar-refractivity contribution is 0.0699. The highest BCUT2D eigenvalue weighted by molar-refractivity contribution is 5.93. The van der Waals surface area contributed by atoms with Crippen LogP contribution in [0, 0.1) is 12.8 Å². The van der Waals surface area contributed by atoms with Gasteiger partial charge in [0, 0.05) is 25.1 Å². The van der Waals surface area contributed by atoms with Gasteiger partial charge in [-0.05, 0) is 38.3 Å². The summed E-state index contributed by atoms with van der Waals surface area (Å²) >= 11 is 0. The summed E-state index contributed by atoms with van der Waals surface area (Å²) < 4.78 is 5.46. The lowest BCUT2D eigenvalue weighted by Crippen LogP contribution is -2.38. The normalized spacial score (nSPS) is 20.3. The quantitative estimate of drug-likeness (QED) is 0.845. The number of ether oxygens (including phenoxy) is 1. The first-order valence-electron chi connectivity index (χ1n) is 8.60. The molecule has 1 aliphatic carbocycles. The summed E-state index contributed by atoms with van der Waals surface area (Å²) in [4.78, 5) is 16.6. The minimum absolute atomic E-state index is 0.00378. The summed E-state index contributed by atoms with van der Waals surface area (Å²) in [5, 5.41) is 8.90. The van der Waals surface area contributed by atoms with Crippen LogP contribution in [0.5, 0.6) is 0 Å². The maximum absolute atomic E-state index is 13.0. The molecule has 6 heteroatoms. The third-order valence-corrected chi connectivity index (χ3v) is 4.70. The second kappa shape index (κ2) is 6.36. The highest BCUT2D eigenvalue weighted by Crippen LogP contribution is 2.30. The molecule has 0 N–H and O–H groups in total. The van der Waals surface area contributed by atoms with E-state index in [0.29, 0.717) is 23.3 Å². The highest BCUT2D eigenvalue weighted by Gasteiger charge is 2.36. The van der Waals surface area contributed by atoms with Crippen molar-refractivity contribution in [2.75, 3.05) is 19.8 Å². The Bertz CT molecular complexity index is 718. The lowest BCUT2D eigenvalue weighted by Gasteiger charge is -2.24. The molecular formula is C18H22N4O2. The molecule has 1 aromatic carbocycles. The molecule has 1 saturated heterocycles. The average Bonchev–Trinajstić information content (AvgIpc) is 3.17. The molecule has 4 rings (SSSR count). The number of nitrogens with zero attached hydrogens (tertiary/aromatic N) is 4. The Kier molecular flexibility index (Phi) is 4.06. The Balaban J connectivity index is 1.57. The van der Waals surface area contributed by atoms with Crippen LogP contribution in [0.2, 0.25) is 0 Å². The molecule has 126 valence electrons. The van der Waals surface area contributed by atoms with Crippen molar-refractivity contribution in [3.63, 3.8) is 0 Å². The van der Waals surface area contributed by atoms with Crippen LogP contribution in [0.3, 0.4) is 0 Å². The van der Waals surface area contributed by atoms with Gasteiger partial charge in [0.2, 0.25) is 0 Å². The number of carbonyl (C=O) groups is 1. The van der Waals surface area contributed by atoms with Gasteiger partial charge in [0.05, 0.1) is 18.0 Å². The first-order chi connectivity index (χ1) is 11.7. The predicted octanol–water partition coefficient (Wildman–Crippen LogP) is 2.22. The highest BCUT2D eigenvalue weighted by atomic mass is 16.5. The Morgan fingerprint density at radius 3 is 2.71 bits per heavy atom. The van der Waals surface area contributed by atoms with E-state index in [0.717, 1.165) is 44.7 Å². The zero-order valence-electron chi connectivity index (χ0n) is 13.9. The van der Waals surface area contributed by atoms with Crippen LogP contribution in [0.15, 0.2) is 30.3 Å². The summed E-state index contributed by atoms with van der Waals surface area (Å²) in [6, 6.07) is 10.0. The number of para-hydroxylation sites is 1. The fourth-order valence-electron chi connectivity index (χ4n) is 3.18. The van der Waals surface area contributed by atoms with Crippen LogP contribution in [0.4, 0.5) is 0 Å². The van der Waals surface area contributed by atoms with E-state index in [1.807, 2.05) is 42.2 Å². The molecule has 2 heterocycles. The number of carbonyl (C=O) groups excluding carboxylic acids is 1. The molecule has 0 unspecified atom stereocenters. The molecular weight excluding hydrogens is 304 g/mol. The predicted molar refractivity (Wildman–Crippen MR) is 89.1 cm³/mol. The largest absolute Gasteiger partial charge is 0.381 e. The molecule has 6 nitrogen and oxygen atoms in total. The third-order valence-electron chi connectivity index (χ3n) is 4.70. The lowest BCUT2D eigenvalue weighted by atomic mass is 10.1. The van der Waals surface area contributed by atoms with Gasteiger partial charge in [-0.15, -0.1) is 5.10 Å². The smallest absolute Gasteiger partial charge is 0.276 e. The molecule has 1 aliphatic heterocycles. The number of rotatable bonds is 5. The second-order valence-corrected chi connectivity index (χ2v) is 6.68. The van der Waals surface area contributed by atoms with Crippen LogP contribution in [-0.2, 0) is 4.74 Å². The van der Waals surface area contributed by atoms with Crippen LogP contribution in [0.1, 0.15) is 35.4 Å². The van der Waals surface area contributed by atoms with Crippen molar-refractivity contribution in [1.29, 1.82) is 0 Å². The van der Waals surface area contributed by atoms with Crippen molar-refractivity contribution in [3.8, 4) is 5.69 Å². The minimum atomic E-state index is 0.00378. The van der Waals surface area contributed by atoms with Gasteiger partial charge in [0.25, 0.3) is 5.91 Å². The number of benzene rings is 1. The standard InChI is InChI=1S/C18H22N4O2/c1-13-17(20-22(19-13)16-5-3-2-4-6-16)18(23)21(15-7-8-15)11-14-9-10-24-12-14/h2-6,14-15H,7-12H2,1H3/t14-/m0/s1. The summed E-state index contributed by atoms with van der Waals surface area (Å²) in [7, 11) is 0. The van der Waals surface area contributed by atoms with Gasteiger partial charge in [-0.2, -0.15) is 9.90 Å². The molecule has 1 atom stereocenters. The van der Waals surface area contributed by atoms with E-state index in [1.165, 1.54) is 0 Å². The van der Waals surface area contributed by atoms with Gasteiger partial charge in [-0.3, -0.25) is 4.79 Å². The summed E-state index contributed by atoms with van der Waals surface area (Å²) in [6.45, 7) is 4.18. The molecule has 0 radical (unpaired) electrons. The molecule has 0 spiro atoms. The van der Waals surface area contributed by atoms with Gasteiger partial charge >= 0.3 is 0 Å². The van der Waals surface area contributed by atoms with Crippen LogP contribution in [0.25, 0.3) is 5.69 Å². The fraction of sp³-hybridized carbons (Fsp3) is 0.500. The molecule has 1 saturated carbocycles. The van der Waals surface area contributed by atoms with E-state index in [9.17, 15) is 4.79 Å². The molecule has 2 aliphatic rings. The first-order valence-corrected chi connectivity index (χ1v) is 8.60. The van der Waals surface area contributed by atoms with E-state index in [1.54, 1.807) is 4.80 Å². The van der Waals surface area contributed by atoms with Gasteiger partial charge in [0.15, 0.2) is 5.69 Å². The molecule has 1 aromatic heterocycles. The van der Waals surface area contributed by atoms with Crippen molar-refractivity contribution in [2.24, 2.45) is 5.92 Å². The van der Waals surface area contributed by atoms with Gasteiger partial charge in [-0.25, -0.2) is 0 Å². The number of aromatic nitrogens is 3. The molecule has 2 fully saturated rings. The van der Waals surface area contributed by atoms with E-state index in [4.69, 9.17) is 4.74 Å². The SMILES string of the molecule is Cc1nn(-c2ccccc2)nc1C(=O)N(C[C@@H]1CCOC1)C1CC1. The topological polar surface area (TPSA) is 60.2 Å². The Morgan fingerprint density at radius 2 is 2.04 bits per heavy atom. The molecule has 24 heavy (non-hydrogen) atoms. The van der Waals surface area contributed by atoms with Crippen LogP contribution < -0.4 is 0 Å². The van der Waals surface area contributed by atoms with Gasteiger partial charge in [-0.1, -0.05) is 18.2 Å². The van der Waals surface area contributed by atoms with E-state index >= 15 is 0 Å². The molecule has 2 aromatic rings. The molecule has 1 amide bonds. The zero-order valence-corrected chi connectivity index (χ0v) is 13.9. The number of hydrogen-bond donors (Lipinski definition) is 0. The van der Waals surface area contributed by atoms with E-state index in [2.05, 4.69) is 10.2 Å². The van der Waals surface area contributed by atoms with E-state index < -0.39 is 0 Å². The summed E-state index contributed by atoms with van der Waals surface area (Å²) in [6.07, 6.45) is 3.21. The van der Waals surface area contributed by atoms with Crippen molar-refractivity contribution >= 4 is 5.91 Å². The Morgan fingerprint density at radius 1 is 1.25 bits per heavy atom. The Labute approximate surface area is 141 Å². The maximum Gasteiger partial charge on any atom is 0.276 e. The maximum atomic E-state index is 13.0. The van der Waals surface area contributed by atoms with Crippen molar-refractivity contribution < 1.29 is 9.53 Å². The monoisotopic (exact) mass is 326 g/mol. The summed E-state index contributed by atoms with van der Waals surface area (Å²) in [5.41, 5.74) is 2.00. The number of hydrogen-bond acceptors (Lipinski definition) is 4. The van der Waals surface area contributed by atoms with Crippen molar-refractivity contribution in [2.45, 2.75) is 32.2 Å². The number of amides is 1. The van der Waals surface area contributed by atoms with Crippen LogP contribution in [-0.4, -0.2) is 51.6 Å². The Hall–Kier alpha value is -2.21. The zero-order chi connectivity index (χ0) is 16.5. The van der Waals surface area contributed by atoms with Gasteiger partial charge < -0.3 is 9.64 Å². The van der Waals surface area contributed by atoms with E-state index in [-0.39, 0.29) is 5.91 Å². The molecule has 0 bridgehead atoms. The third kappa shape index (κ3) is 3.06. The second-order valence-electron chi connectivity index (χ2n) is 6.68.